The van der Waals surface area contributed by atoms with E-state index in [0.29, 0.717) is 0 Å². The van der Waals surface area contributed by atoms with Crippen LogP contribution in [0.25, 0.3) is 4.48 Å². The van der Waals surface area contributed by atoms with Crippen molar-refractivity contribution in [1.29, 1.82) is 0 Å². The Morgan fingerprint density at radius 3 is 2.53 bits per heavy atom. The molecule has 0 aromatic heterocycles. The molecule has 0 saturated heterocycles. The summed E-state index contributed by atoms with van der Waals surface area (Å²) < 4.78 is 7.28. The van der Waals surface area contributed by atoms with Gasteiger partial charge in [0.2, 0.25) is 0 Å². The largest absolute Gasteiger partial charge is 0.497 e. The summed E-state index contributed by atoms with van der Waals surface area (Å²) in [5.41, 5.74) is 1.15. The van der Waals surface area contributed by atoms with E-state index in [4.69, 9.17) is 4.74 Å². The normalized spacial score (nSPS) is 11.4. The van der Waals surface area contributed by atoms with E-state index in [9.17, 15) is 0 Å². The lowest BCUT2D eigenvalue weighted by Crippen LogP contribution is -1.80. The van der Waals surface area contributed by atoms with Crippen molar-refractivity contribution in [2.75, 3.05) is 7.11 Å². The number of hydrogen-bond donors (Lipinski definition) is 0. The molecular formula is C15H12Br2OS. The highest BCUT2D eigenvalue weighted by molar-refractivity contribution is 9.15. The van der Waals surface area contributed by atoms with Crippen LogP contribution in [0.1, 0.15) is 5.56 Å². The number of rotatable bonds is 4. The molecular weight excluding hydrogens is 388 g/mol. The molecule has 0 fully saturated rings. The van der Waals surface area contributed by atoms with Gasteiger partial charge >= 0.3 is 0 Å². The predicted octanol–water partition coefficient (Wildman–Crippen LogP) is 5.94. The van der Waals surface area contributed by atoms with Crippen molar-refractivity contribution < 1.29 is 4.74 Å². The van der Waals surface area contributed by atoms with Gasteiger partial charge in [-0.05, 0) is 63.3 Å². The van der Waals surface area contributed by atoms with E-state index in [1.807, 2.05) is 36.4 Å². The summed E-state index contributed by atoms with van der Waals surface area (Å²) in [6.45, 7) is 0. The Bertz CT molecular complexity index is 579. The van der Waals surface area contributed by atoms with Crippen LogP contribution < -0.4 is 4.74 Å². The van der Waals surface area contributed by atoms with Crippen LogP contribution in [0.5, 0.6) is 5.75 Å². The van der Waals surface area contributed by atoms with E-state index in [1.54, 1.807) is 18.9 Å². The van der Waals surface area contributed by atoms with Gasteiger partial charge in [0.15, 0.2) is 0 Å². The first-order chi connectivity index (χ1) is 9.19. The minimum atomic E-state index is 0.874. The third-order valence-electron chi connectivity index (χ3n) is 2.46. The molecule has 0 amide bonds. The quantitative estimate of drug-likeness (QED) is 0.588. The third-order valence-corrected chi connectivity index (χ3v) is 4.84. The molecule has 0 aliphatic heterocycles. The molecule has 0 saturated carbocycles. The zero-order valence-corrected chi connectivity index (χ0v) is 14.3. The molecule has 4 heteroatoms. The van der Waals surface area contributed by atoms with Gasteiger partial charge in [0, 0.05) is 13.9 Å². The van der Waals surface area contributed by atoms with Gasteiger partial charge < -0.3 is 4.74 Å². The van der Waals surface area contributed by atoms with E-state index in [-0.39, 0.29) is 0 Å². The smallest absolute Gasteiger partial charge is 0.118 e. The molecule has 0 unspecified atom stereocenters. The lowest BCUT2D eigenvalue weighted by Gasteiger charge is -2.02. The second-order valence-electron chi connectivity index (χ2n) is 3.77. The Hall–Kier alpha value is -0.710. The maximum absolute atomic E-state index is 5.14. The second-order valence-corrected chi connectivity index (χ2v) is 6.48. The van der Waals surface area contributed by atoms with Crippen molar-refractivity contribution in [3.8, 4) is 5.75 Å². The Labute approximate surface area is 134 Å². The van der Waals surface area contributed by atoms with Crippen molar-refractivity contribution in [2.24, 2.45) is 0 Å². The van der Waals surface area contributed by atoms with Crippen molar-refractivity contribution in [2.45, 2.75) is 4.90 Å². The monoisotopic (exact) mass is 398 g/mol. The predicted molar refractivity (Wildman–Crippen MR) is 89.9 cm³/mol. The number of thioether (sulfide) groups is 1. The van der Waals surface area contributed by atoms with Gasteiger partial charge in [-0.25, -0.2) is 0 Å². The van der Waals surface area contributed by atoms with E-state index in [2.05, 4.69) is 49.4 Å². The average molecular weight is 400 g/mol. The van der Waals surface area contributed by atoms with E-state index >= 15 is 0 Å². The van der Waals surface area contributed by atoms with Crippen molar-refractivity contribution >= 4 is 48.1 Å². The molecule has 2 aromatic carbocycles. The fraction of sp³-hybridized carbons (Fsp3) is 0.0667. The van der Waals surface area contributed by atoms with Gasteiger partial charge in [0.05, 0.1) is 7.11 Å². The summed E-state index contributed by atoms with van der Waals surface area (Å²) in [5.74, 6) is 0.874. The number of halogens is 2. The number of hydrogen-bond acceptors (Lipinski definition) is 2. The highest BCUT2D eigenvalue weighted by Gasteiger charge is 1.99. The summed E-state index contributed by atoms with van der Waals surface area (Å²) in [6, 6.07) is 16.2. The number of benzene rings is 2. The van der Waals surface area contributed by atoms with Gasteiger partial charge in [-0.2, -0.15) is 0 Å². The van der Waals surface area contributed by atoms with Crippen LogP contribution in [0.15, 0.2) is 63.3 Å². The van der Waals surface area contributed by atoms with Crippen LogP contribution >= 0.6 is 43.6 Å². The standard InChI is InChI=1S/C15H12Br2OS/c1-18-13-5-7-14(8-6-13)19-10-15(17)11-3-2-4-12(16)9-11/h2-10H,1H3/b15-10+. The molecule has 0 radical (unpaired) electrons. The van der Waals surface area contributed by atoms with Crippen LogP contribution in [0.2, 0.25) is 0 Å². The van der Waals surface area contributed by atoms with Gasteiger partial charge in [-0.3, -0.25) is 0 Å². The van der Waals surface area contributed by atoms with Gasteiger partial charge in [0.25, 0.3) is 0 Å². The van der Waals surface area contributed by atoms with Crippen LogP contribution in [0.3, 0.4) is 0 Å². The molecule has 0 aliphatic carbocycles. The first-order valence-corrected chi connectivity index (χ1v) is 8.08. The van der Waals surface area contributed by atoms with E-state index < -0.39 is 0 Å². The minimum Gasteiger partial charge on any atom is -0.497 e. The van der Waals surface area contributed by atoms with Gasteiger partial charge in [-0.1, -0.05) is 39.8 Å². The summed E-state index contributed by atoms with van der Waals surface area (Å²) >= 11 is 8.74. The van der Waals surface area contributed by atoms with Crippen LogP contribution in [-0.4, -0.2) is 7.11 Å². The average Bonchev–Trinajstić information content (AvgIpc) is 2.45. The molecule has 98 valence electrons. The molecule has 1 nitrogen and oxygen atoms in total. The molecule has 0 heterocycles. The van der Waals surface area contributed by atoms with E-state index in [1.165, 1.54) is 4.90 Å². The number of methoxy groups -OCH3 is 1. The molecule has 0 atom stereocenters. The SMILES string of the molecule is COc1ccc(S/C=C(/Br)c2cccc(Br)c2)cc1. The Balaban J connectivity index is 2.08. The maximum Gasteiger partial charge on any atom is 0.118 e. The summed E-state index contributed by atoms with van der Waals surface area (Å²) in [7, 11) is 1.67. The van der Waals surface area contributed by atoms with Crippen LogP contribution in [0.4, 0.5) is 0 Å². The molecule has 2 aromatic rings. The Kier molecular flexibility index (Phi) is 5.55. The highest BCUT2D eigenvalue weighted by atomic mass is 79.9. The van der Waals surface area contributed by atoms with Gasteiger partial charge in [-0.15, -0.1) is 0 Å². The maximum atomic E-state index is 5.14. The van der Waals surface area contributed by atoms with E-state index in [0.717, 1.165) is 20.3 Å². The van der Waals surface area contributed by atoms with Gasteiger partial charge in [0.1, 0.15) is 5.75 Å². The fourth-order valence-corrected chi connectivity index (χ4v) is 3.07. The highest BCUT2D eigenvalue weighted by Crippen LogP contribution is 2.30. The zero-order chi connectivity index (χ0) is 13.7. The molecule has 0 N–H and O–H groups in total. The van der Waals surface area contributed by atoms with Crippen molar-refractivity contribution in [1.82, 2.24) is 0 Å². The summed E-state index contributed by atoms with van der Waals surface area (Å²) in [5, 5.41) is 2.09. The lowest BCUT2D eigenvalue weighted by atomic mass is 10.2. The molecule has 2 rings (SSSR count). The van der Waals surface area contributed by atoms with Crippen LogP contribution in [0, 0.1) is 0 Å². The van der Waals surface area contributed by atoms with Crippen molar-refractivity contribution in [3.63, 3.8) is 0 Å². The van der Waals surface area contributed by atoms with Crippen molar-refractivity contribution in [3.05, 3.63) is 64.0 Å². The summed E-state index contributed by atoms with van der Waals surface area (Å²) in [6.07, 6.45) is 0. The fourth-order valence-electron chi connectivity index (χ4n) is 1.48. The molecule has 0 aliphatic rings. The molecule has 0 spiro atoms. The first-order valence-electron chi connectivity index (χ1n) is 5.61. The van der Waals surface area contributed by atoms with Crippen LogP contribution in [-0.2, 0) is 0 Å². The number of ether oxygens (including phenoxy) is 1. The third kappa shape index (κ3) is 4.41. The Morgan fingerprint density at radius 1 is 1.16 bits per heavy atom. The molecule has 19 heavy (non-hydrogen) atoms. The second kappa shape index (κ2) is 7.17. The topological polar surface area (TPSA) is 9.23 Å². The zero-order valence-electron chi connectivity index (χ0n) is 10.3. The lowest BCUT2D eigenvalue weighted by molar-refractivity contribution is 0.414. The molecule has 0 bridgehead atoms. The Morgan fingerprint density at radius 2 is 1.89 bits per heavy atom. The first kappa shape index (κ1) is 14.7. The summed E-state index contributed by atoms with van der Waals surface area (Å²) in [4.78, 5) is 1.17. The minimum absolute atomic E-state index is 0.874.